The molecule has 0 N–H and O–H groups in total. The van der Waals surface area contributed by atoms with Gasteiger partial charge in [-0.3, -0.25) is 0 Å². The Hall–Kier alpha value is -0.363. The van der Waals surface area contributed by atoms with Gasteiger partial charge >= 0.3 is 0 Å². The quantitative estimate of drug-likeness (QED) is 0.475. The first kappa shape index (κ1) is 10.6. The van der Waals surface area contributed by atoms with E-state index < -0.39 is 8.41 Å². The van der Waals surface area contributed by atoms with Gasteiger partial charge in [0.05, 0.1) is 6.07 Å². The van der Waals surface area contributed by atoms with Crippen molar-refractivity contribution >= 4 is 8.41 Å². The van der Waals surface area contributed by atoms with E-state index in [1.54, 1.807) is 13.1 Å². The van der Waals surface area contributed by atoms with E-state index in [4.69, 9.17) is 5.26 Å². The molecule has 0 radical (unpaired) electrons. The van der Waals surface area contributed by atoms with Crippen molar-refractivity contribution in [3.63, 3.8) is 0 Å². The minimum absolute atomic E-state index is 0.00694. The molecule has 0 aromatic carbocycles. The summed E-state index contributed by atoms with van der Waals surface area (Å²) in [5.74, 6) is 0.293. The highest BCUT2D eigenvalue weighted by molar-refractivity contribution is 6.72. The van der Waals surface area contributed by atoms with Crippen LogP contribution in [0.25, 0.3) is 0 Å². The van der Waals surface area contributed by atoms with Crippen molar-refractivity contribution < 1.29 is 4.11 Å². The molecule has 0 bridgehead atoms. The summed E-state index contributed by atoms with van der Waals surface area (Å²) < 4.78 is 13.5. The SMILES string of the molecule is CC(C)C(CC#N)[Si](C)(C)F. The average Bonchev–Trinajstić information content (AvgIpc) is 1.79. The number of nitrogens with zero attached hydrogens (tertiary/aromatic N) is 1. The van der Waals surface area contributed by atoms with E-state index in [-0.39, 0.29) is 5.54 Å². The number of hydrogen-bond acceptors (Lipinski definition) is 1. The first-order chi connectivity index (χ1) is 4.89. The van der Waals surface area contributed by atoms with Crippen LogP contribution in [0.3, 0.4) is 0 Å². The number of halogens is 1. The summed E-state index contributed by atoms with van der Waals surface area (Å²) in [6.07, 6.45) is 0.368. The lowest BCUT2D eigenvalue weighted by molar-refractivity contribution is 0.542. The Labute approximate surface area is 69.4 Å². The molecule has 1 atom stereocenters. The van der Waals surface area contributed by atoms with Crippen LogP contribution in [0, 0.1) is 17.2 Å². The highest BCUT2D eigenvalue weighted by Gasteiger charge is 2.34. The summed E-state index contributed by atoms with van der Waals surface area (Å²) in [5, 5.41) is 8.45. The molecular weight excluding hydrogens is 157 g/mol. The Kier molecular flexibility index (Phi) is 3.74. The van der Waals surface area contributed by atoms with Gasteiger partial charge in [-0.25, -0.2) is 0 Å². The lowest BCUT2D eigenvalue weighted by Gasteiger charge is -2.25. The molecule has 0 saturated carbocycles. The summed E-state index contributed by atoms with van der Waals surface area (Å²) in [6, 6.07) is 2.05. The minimum Gasteiger partial charge on any atom is -0.314 e. The topological polar surface area (TPSA) is 23.8 Å². The molecule has 64 valence electrons. The highest BCUT2D eigenvalue weighted by atomic mass is 28.4. The van der Waals surface area contributed by atoms with E-state index in [1.165, 1.54) is 0 Å². The Bertz CT molecular complexity index is 154. The Morgan fingerprint density at radius 1 is 1.45 bits per heavy atom. The molecule has 0 rings (SSSR count). The number of hydrogen-bond donors (Lipinski definition) is 0. The van der Waals surface area contributed by atoms with Crippen LogP contribution in [0.4, 0.5) is 4.11 Å². The third-order valence-electron chi connectivity index (χ3n) is 2.00. The maximum atomic E-state index is 13.5. The molecule has 0 aliphatic heterocycles. The van der Waals surface area contributed by atoms with Crippen LogP contribution in [-0.4, -0.2) is 8.41 Å². The van der Waals surface area contributed by atoms with E-state index in [0.717, 1.165) is 0 Å². The predicted molar refractivity (Wildman–Crippen MR) is 47.4 cm³/mol. The molecule has 0 saturated heterocycles. The Balaban J connectivity index is 4.25. The molecular formula is C8H16FNSi. The fourth-order valence-corrected chi connectivity index (χ4v) is 3.53. The largest absolute Gasteiger partial charge is 0.314 e. The van der Waals surface area contributed by atoms with E-state index in [1.807, 2.05) is 13.8 Å². The second-order valence-electron chi connectivity index (χ2n) is 3.78. The Morgan fingerprint density at radius 2 is 1.91 bits per heavy atom. The van der Waals surface area contributed by atoms with Crippen LogP contribution >= 0.6 is 0 Å². The van der Waals surface area contributed by atoms with Crippen LogP contribution in [-0.2, 0) is 0 Å². The molecule has 0 aromatic rings. The molecule has 3 heteroatoms. The molecule has 0 aliphatic rings. The number of nitriles is 1. The van der Waals surface area contributed by atoms with Gasteiger partial charge in [0.2, 0.25) is 8.41 Å². The number of rotatable bonds is 3. The smallest absolute Gasteiger partial charge is 0.245 e. The third-order valence-corrected chi connectivity index (χ3v) is 4.63. The van der Waals surface area contributed by atoms with Gasteiger partial charge in [-0.2, -0.15) is 5.26 Å². The van der Waals surface area contributed by atoms with Crippen molar-refractivity contribution in [3.05, 3.63) is 0 Å². The zero-order valence-corrected chi connectivity index (χ0v) is 8.69. The lowest BCUT2D eigenvalue weighted by atomic mass is 10.1. The second kappa shape index (κ2) is 3.87. The zero-order chi connectivity index (χ0) is 9.07. The van der Waals surface area contributed by atoms with E-state index in [0.29, 0.717) is 12.3 Å². The highest BCUT2D eigenvalue weighted by Crippen LogP contribution is 2.33. The summed E-state index contributed by atoms with van der Waals surface area (Å²) in [5.41, 5.74) is -0.00694. The molecule has 1 unspecified atom stereocenters. The maximum Gasteiger partial charge on any atom is 0.245 e. The molecule has 0 amide bonds. The first-order valence-corrected chi connectivity index (χ1v) is 6.91. The first-order valence-electron chi connectivity index (χ1n) is 3.95. The Morgan fingerprint density at radius 3 is 2.00 bits per heavy atom. The fraction of sp³-hybridized carbons (Fsp3) is 0.875. The zero-order valence-electron chi connectivity index (χ0n) is 7.69. The fourth-order valence-electron chi connectivity index (χ4n) is 1.37. The van der Waals surface area contributed by atoms with Crippen LogP contribution < -0.4 is 0 Å². The second-order valence-corrected chi connectivity index (χ2v) is 7.65. The van der Waals surface area contributed by atoms with Gasteiger partial charge in [-0.1, -0.05) is 13.8 Å². The van der Waals surface area contributed by atoms with E-state index in [9.17, 15) is 4.11 Å². The summed E-state index contributed by atoms with van der Waals surface area (Å²) >= 11 is 0. The van der Waals surface area contributed by atoms with Crippen molar-refractivity contribution in [2.75, 3.05) is 0 Å². The monoisotopic (exact) mass is 173 g/mol. The molecule has 1 nitrogen and oxygen atoms in total. The third kappa shape index (κ3) is 3.52. The van der Waals surface area contributed by atoms with Crippen molar-refractivity contribution in [3.8, 4) is 6.07 Å². The van der Waals surface area contributed by atoms with Crippen LogP contribution in [0.2, 0.25) is 18.6 Å². The van der Waals surface area contributed by atoms with Gasteiger partial charge in [0.1, 0.15) is 0 Å². The van der Waals surface area contributed by atoms with Crippen molar-refractivity contribution in [1.82, 2.24) is 0 Å². The molecule has 0 aliphatic carbocycles. The molecule has 11 heavy (non-hydrogen) atoms. The van der Waals surface area contributed by atoms with Crippen molar-refractivity contribution in [2.24, 2.45) is 5.92 Å². The molecule has 0 fully saturated rings. The van der Waals surface area contributed by atoms with Crippen LogP contribution in [0.5, 0.6) is 0 Å². The van der Waals surface area contributed by atoms with Gasteiger partial charge in [0.15, 0.2) is 0 Å². The molecule has 0 heterocycles. The van der Waals surface area contributed by atoms with E-state index in [2.05, 4.69) is 6.07 Å². The summed E-state index contributed by atoms with van der Waals surface area (Å²) in [7, 11) is -2.59. The normalized spacial score (nSPS) is 14.6. The summed E-state index contributed by atoms with van der Waals surface area (Å²) in [6.45, 7) is 7.32. The average molecular weight is 173 g/mol. The van der Waals surface area contributed by atoms with Gasteiger partial charge < -0.3 is 4.11 Å². The van der Waals surface area contributed by atoms with Gasteiger partial charge in [-0.05, 0) is 24.6 Å². The standard InChI is InChI=1S/C8H16FNSi/c1-7(2)8(5-6-10)11(3,4)9/h7-8H,5H2,1-4H3. The maximum absolute atomic E-state index is 13.5. The predicted octanol–water partition coefficient (Wildman–Crippen LogP) is 3.10. The van der Waals surface area contributed by atoms with E-state index >= 15 is 0 Å². The van der Waals surface area contributed by atoms with Crippen molar-refractivity contribution in [2.45, 2.75) is 38.9 Å². The molecule has 0 aromatic heterocycles. The lowest BCUT2D eigenvalue weighted by Crippen LogP contribution is -2.30. The van der Waals surface area contributed by atoms with Crippen molar-refractivity contribution in [1.29, 1.82) is 5.26 Å². The van der Waals surface area contributed by atoms with Gasteiger partial charge in [0, 0.05) is 6.42 Å². The van der Waals surface area contributed by atoms with Crippen LogP contribution in [0.1, 0.15) is 20.3 Å². The van der Waals surface area contributed by atoms with Gasteiger partial charge in [-0.15, -0.1) is 0 Å². The minimum atomic E-state index is -2.59. The molecule has 0 spiro atoms. The van der Waals surface area contributed by atoms with Gasteiger partial charge in [0.25, 0.3) is 0 Å². The van der Waals surface area contributed by atoms with Crippen LogP contribution in [0.15, 0.2) is 0 Å². The summed E-state index contributed by atoms with van der Waals surface area (Å²) in [4.78, 5) is 0.